The van der Waals surface area contributed by atoms with Crippen LogP contribution in [-0.4, -0.2) is 34.1 Å². The normalized spacial score (nSPS) is 11.7. The van der Waals surface area contributed by atoms with Crippen molar-refractivity contribution in [2.75, 3.05) is 0 Å². The van der Waals surface area contributed by atoms with Crippen molar-refractivity contribution in [3.63, 3.8) is 0 Å². The molecule has 8 nitrogen and oxygen atoms in total. The van der Waals surface area contributed by atoms with Gasteiger partial charge < -0.3 is 4.42 Å². The van der Waals surface area contributed by atoms with E-state index in [1.54, 1.807) is 0 Å². The molecule has 5 aromatic heterocycles. The van der Waals surface area contributed by atoms with Crippen molar-refractivity contribution in [2.24, 2.45) is 0 Å². The summed E-state index contributed by atoms with van der Waals surface area (Å²) in [4.78, 5) is 25.8. The number of benzene rings is 9. The maximum atomic E-state index is 6.53. The third-order valence-corrected chi connectivity index (χ3v) is 13.4. The second-order valence-corrected chi connectivity index (χ2v) is 17.7. The summed E-state index contributed by atoms with van der Waals surface area (Å²) in [5.41, 5.74) is 14.3. The van der Waals surface area contributed by atoms with E-state index in [9.17, 15) is 0 Å². The van der Waals surface area contributed by atoms with E-state index < -0.39 is 0 Å². The van der Waals surface area contributed by atoms with Gasteiger partial charge in [-0.1, -0.05) is 170 Å². The second kappa shape index (κ2) is 16.5. The predicted octanol–water partition coefficient (Wildman–Crippen LogP) is 15.6. The first-order valence-electron chi connectivity index (χ1n) is 23.7. The molecule has 0 saturated heterocycles. The Hall–Kier alpha value is -9.79. The van der Waals surface area contributed by atoms with Gasteiger partial charge in [-0.15, -0.1) is 0 Å². The first-order valence-corrected chi connectivity index (χ1v) is 23.7. The number of rotatable bonds is 8. The first-order chi connectivity index (χ1) is 35.2. The number of fused-ring (bicyclic) bond motifs is 7. The van der Waals surface area contributed by atoms with Crippen LogP contribution in [0.5, 0.6) is 0 Å². The van der Waals surface area contributed by atoms with Crippen LogP contribution in [-0.2, 0) is 0 Å². The van der Waals surface area contributed by atoms with Gasteiger partial charge >= 0.3 is 0 Å². The van der Waals surface area contributed by atoms with Crippen LogP contribution in [0.15, 0.2) is 241 Å². The molecule has 5 heterocycles. The van der Waals surface area contributed by atoms with Gasteiger partial charge in [-0.3, -0.25) is 9.13 Å². The minimum atomic E-state index is 0.576. The van der Waals surface area contributed by atoms with Gasteiger partial charge in [0, 0.05) is 61.5 Å². The topological polar surface area (TPSA) is 87.5 Å². The summed E-state index contributed by atoms with van der Waals surface area (Å²) in [6.45, 7) is 0. The molecular formula is C63H39N7O. The van der Waals surface area contributed by atoms with Crippen molar-refractivity contribution < 1.29 is 4.42 Å². The molecule has 0 atom stereocenters. The Morgan fingerprint density at radius 1 is 0.282 bits per heavy atom. The largest absolute Gasteiger partial charge is 0.436 e. The van der Waals surface area contributed by atoms with Crippen molar-refractivity contribution in [1.29, 1.82) is 0 Å². The van der Waals surface area contributed by atoms with E-state index in [4.69, 9.17) is 29.3 Å². The molecule has 0 aliphatic rings. The third-order valence-electron chi connectivity index (χ3n) is 13.4. The molecule has 332 valence electrons. The molecule has 0 radical (unpaired) electrons. The molecule has 14 rings (SSSR count). The van der Waals surface area contributed by atoms with Crippen LogP contribution in [0.25, 0.3) is 134 Å². The van der Waals surface area contributed by atoms with Gasteiger partial charge in [-0.2, -0.15) is 0 Å². The lowest BCUT2D eigenvalue weighted by Gasteiger charge is -2.12. The monoisotopic (exact) mass is 909 g/mol. The summed E-state index contributed by atoms with van der Waals surface area (Å²) in [5.74, 6) is 3.44. The lowest BCUT2D eigenvalue weighted by atomic mass is 10.0. The molecule has 0 fully saturated rings. The quantitative estimate of drug-likeness (QED) is 0.151. The summed E-state index contributed by atoms with van der Waals surface area (Å²) >= 11 is 0. The van der Waals surface area contributed by atoms with Gasteiger partial charge in [0.25, 0.3) is 0 Å². The van der Waals surface area contributed by atoms with Crippen molar-refractivity contribution in [1.82, 2.24) is 34.1 Å². The molecule has 9 aromatic carbocycles. The minimum Gasteiger partial charge on any atom is -0.436 e. The average Bonchev–Trinajstić information content (AvgIpc) is 4.12. The fourth-order valence-corrected chi connectivity index (χ4v) is 10.0. The standard InChI is InChI=1S/C63H39N7O/c1-6-18-40(19-7-1)51-38-59(67-61(64-51)42-22-10-3-11-23-42)69-54-29-17-16-28-47(54)48-34-45(30-32-55(48)69)46-31-33-56-49(35-46)50-36-58-53(66-63(71-58)44-26-14-5-15-27-44)37-57(50)70(56)60-39-52(41-20-8-2-9-21-41)65-62(68-60)43-24-12-4-13-25-43/h1-39H. The van der Waals surface area contributed by atoms with E-state index in [-0.39, 0.29) is 0 Å². The maximum Gasteiger partial charge on any atom is 0.227 e. The molecular weight excluding hydrogens is 871 g/mol. The Balaban J connectivity index is 0.973. The second-order valence-electron chi connectivity index (χ2n) is 17.7. The van der Waals surface area contributed by atoms with Crippen molar-refractivity contribution >= 4 is 54.7 Å². The molecule has 0 spiro atoms. The Labute approximate surface area is 407 Å². The minimum absolute atomic E-state index is 0.576. The van der Waals surface area contributed by atoms with E-state index in [0.29, 0.717) is 23.1 Å². The summed E-state index contributed by atoms with van der Waals surface area (Å²) in [6, 6.07) is 81.6. The fraction of sp³-hybridized carbons (Fsp3) is 0. The number of hydrogen-bond acceptors (Lipinski definition) is 6. The van der Waals surface area contributed by atoms with Gasteiger partial charge in [0.1, 0.15) is 17.2 Å². The zero-order chi connectivity index (χ0) is 46.8. The number of aromatic nitrogens is 7. The van der Waals surface area contributed by atoms with E-state index >= 15 is 0 Å². The third kappa shape index (κ3) is 6.96. The molecule has 0 saturated carbocycles. The number of nitrogens with zero attached hydrogens (tertiary/aromatic N) is 7. The SMILES string of the molecule is c1ccc(-c2cc(-n3c4ccccc4c4cc(-c5ccc6c(c5)c5cc7oc(-c8ccccc8)nc7cc5n6-c5cc(-c6ccccc6)nc(-c6ccccc6)n5)ccc43)nc(-c3ccccc3)n2)cc1. The van der Waals surface area contributed by atoms with Crippen LogP contribution in [0.3, 0.4) is 0 Å². The highest BCUT2D eigenvalue weighted by Gasteiger charge is 2.22. The van der Waals surface area contributed by atoms with Crippen LogP contribution in [0.1, 0.15) is 0 Å². The number of para-hydroxylation sites is 1. The van der Waals surface area contributed by atoms with Crippen molar-refractivity contribution in [3.8, 4) is 79.5 Å². The molecule has 8 heteroatoms. The van der Waals surface area contributed by atoms with Gasteiger partial charge in [0.15, 0.2) is 17.2 Å². The number of hydrogen-bond donors (Lipinski definition) is 0. The highest BCUT2D eigenvalue weighted by Crippen LogP contribution is 2.41. The summed E-state index contributed by atoms with van der Waals surface area (Å²) < 4.78 is 11.0. The Bertz CT molecular complexity index is 4200. The molecule has 14 aromatic rings. The fourth-order valence-electron chi connectivity index (χ4n) is 10.0. The molecule has 0 aliphatic carbocycles. The molecule has 71 heavy (non-hydrogen) atoms. The van der Waals surface area contributed by atoms with Crippen molar-refractivity contribution in [3.05, 3.63) is 237 Å². The van der Waals surface area contributed by atoms with E-state index in [2.05, 4.69) is 143 Å². The van der Waals surface area contributed by atoms with E-state index in [1.165, 1.54) is 0 Å². The van der Waals surface area contributed by atoms with Crippen LogP contribution in [0.4, 0.5) is 0 Å². The zero-order valence-corrected chi connectivity index (χ0v) is 38.1. The van der Waals surface area contributed by atoms with Gasteiger partial charge in [0.05, 0.1) is 33.5 Å². The average molecular weight is 910 g/mol. The number of oxazole rings is 1. The van der Waals surface area contributed by atoms with Gasteiger partial charge in [-0.25, -0.2) is 24.9 Å². The highest BCUT2D eigenvalue weighted by molar-refractivity contribution is 6.14. The predicted molar refractivity (Wildman–Crippen MR) is 286 cm³/mol. The summed E-state index contributed by atoms with van der Waals surface area (Å²) in [5, 5.41) is 4.35. The summed E-state index contributed by atoms with van der Waals surface area (Å²) in [7, 11) is 0. The van der Waals surface area contributed by atoms with Crippen LogP contribution in [0, 0.1) is 0 Å². The van der Waals surface area contributed by atoms with Crippen LogP contribution in [0.2, 0.25) is 0 Å². The maximum absolute atomic E-state index is 6.53. The lowest BCUT2D eigenvalue weighted by molar-refractivity contribution is 0.620. The molecule has 0 bridgehead atoms. The van der Waals surface area contributed by atoms with Crippen LogP contribution >= 0.6 is 0 Å². The Morgan fingerprint density at radius 3 is 1.24 bits per heavy atom. The van der Waals surface area contributed by atoms with E-state index in [1.807, 2.05) is 103 Å². The van der Waals surface area contributed by atoms with Crippen LogP contribution < -0.4 is 0 Å². The molecule has 0 N–H and O–H groups in total. The van der Waals surface area contributed by atoms with Crippen molar-refractivity contribution in [2.45, 2.75) is 0 Å². The zero-order valence-electron chi connectivity index (χ0n) is 38.1. The highest BCUT2D eigenvalue weighted by atomic mass is 16.3. The smallest absolute Gasteiger partial charge is 0.227 e. The molecule has 0 unspecified atom stereocenters. The van der Waals surface area contributed by atoms with Gasteiger partial charge in [-0.05, 0) is 65.7 Å². The summed E-state index contributed by atoms with van der Waals surface area (Å²) in [6.07, 6.45) is 0. The molecule has 0 amide bonds. The molecule has 0 aliphatic heterocycles. The Morgan fingerprint density at radius 2 is 0.704 bits per heavy atom. The lowest BCUT2D eigenvalue weighted by Crippen LogP contribution is -2.02. The van der Waals surface area contributed by atoms with E-state index in [0.717, 1.165) is 111 Å². The Kier molecular flexibility index (Phi) is 9.35. The van der Waals surface area contributed by atoms with Gasteiger partial charge in [0.2, 0.25) is 5.89 Å². The first kappa shape index (κ1) is 40.3.